The van der Waals surface area contributed by atoms with Crippen LogP contribution >= 0.6 is 0 Å². The zero-order valence-electron chi connectivity index (χ0n) is 16.3. The van der Waals surface area contributed by atoms with Crippen molar-refractivity contribution in [3.63, 3.8) is 0 Å². The lowest BCUT2D eigenvalue weighted by Gasteiger charge is -2.34. The van der Waals surface area contributed by atoms with E-state index in [0.717, 1.165) is 11.0 Å². The number of nitrogens with zero attached hydrogens (tertiary/aromatic N) is 3. The third kappa shape index (κ3) is 3.55. The molecule has 150 valence electrons. The molecule has 2 aromatic carbocycles. The number of benzene rings is 2. The van der Waals surface area contributed by atoms with E-state index in [-0.39, 0.29) is 24.0 Å². The number of carbonyl (C=O) groups excluding carboxylic acids is 2. The molecule has 0 spiro atoms. The standard InChI is InChI=1S/C22H23N3O4/c1-2-29-22(28)24-13-11-23(12-14-24)20(26)15-25-18-9-5-3-7-16(18)21(27)17-8-4-6-10-19(17)25/h3-10H,2,11-15H2,1H3. The molecule has 3 aromatic rings. The summed E-state index contributed by atoms with van der Waals surface area (Å²) in [6, 6.07) is 14.7. The van der Waals surface area contributed by atoms with E-state index in [1.165, 1.54) is 0 Å². The molecule has 7 nitrogen and oxygen atoms in total. The molecule has 0 radical (unpaired) electrons. The maximum Gasteiger partial charge on any atom is 0.409 e. The van der Waals surface area contributed by atoms with Gasteiger partial charge in [-0.25, -0.2) is 4.79 Å². The number of carbonyl (C=O) groups is 2. The minimum atomic E-state index is -0.336. The predicted octanol–water partition coefficient (Wildman–Crippen LogP) is 2.46. The van der Waals surface area contributed by atoms with Crippen molar-refractivity contribution in [2.45, 2.75) is 13.5 Å². The highest BCUT2D eigenvalue weighted by molar-refractivity contribution is 5.94. The van der Waals surface area contributed by atoms with Crippen molar-refractivity contribution >= 4 is 33.8 Å². The van der Waals surface area contributed by atoms with Crippen molar-refractivity contribution in [3.05, 3.63) is 58.8 Å². The molecule has 0 aliphatic carbocycles. The van der Waals surface area contributed by atoms with Crippen molar-refractivity contribution in [1.82, 2.24) is 14.4 Å². The number of hydrogen-bond acceptors (Lipinski definition) is 4. The maximum absolute atomic E-state index is 13.0. The largest absolute Gasteiger partial charge is 0.450 e. The number of piperazine rings is 1. The Morgan fingerprint density at radius 1 is 0.862 bits per heavy atom. The molecule has 0 saturated carbocycles. The smallest absolute Gasteiger partial charge is 0.409 e. The first-order chi connectivity index (χ1) is 14.1. The summed E-state index contributed by atoms with van der Waals surface area (Å²) in [6.07, 6.45) is -0.336. The van der Waals surface area contributed by atoms with Gasteiger partial charge in [-0.15, -0.1) is 0 Å². The molecule has 1 aliphatic rings. The normalized spacial score (nSPS) is 14.4. The van der Waals surface area contributed by atoms with E-state index >= 15 is 0 Å². The average molecular weight is 393 g/mol. The Morgan fingerprint density at radius 2 is 1.38 bits per heavy atom. The number of rotatable bonds is 3. The van der Waals surface area contributed by atoms with Gasteiger partial charge in [0.05, 0.1) is 17.6 Å². The monoisotopic (exact) mass is 393 g/mol. The van der Waals surface area contributed by atoms with E-state index in [1.54, 1.807) is 28.9 Å². The van der Waals surface area contributed by atoms with Crippen molar-refractivity contribution in [2.24, 2.45) is 0 Å². The first-order valence-corrected chi connectivity index (χ1v) is 9.80. The third-order valence-corrected chi connectivity index (χ3v) is 5.33. The summed E-state index contributed by atoms with van der Waals surface area (Å²) in [4.78, 5) is 41.1. The second kappa shape index (κ2) is 7.95. The minimum absolute atomic E-state index is 0.0250. The van der Waals surface area contributed by atoms with Crippen molar-refractivity contribution in [2.75, 3.05) is 32.8 Å². The highest BCUT2D eigenvalue weighted by Gasteiger charge is 2.25. The van der Waals surface area contributed by atoms with Gasteiger partial charge in [-0.3, -0.25) is 9.59 Å². The van der Waals surface area contributed by atoms with E-state index in [4.69, 9.17) is 4.74 Å². The van der Waals surface area contributed by atoms with Crippen LogP contribution in [0.3, 0.4) is 0 Å². The first kappa shape index (κ1) is 19.0. The number of hydrogen-bond donors (Lipinski definition) is 0. The van der Waals surface area contributed by atoms with Crippen LogP contribution in [0.4, 0.5) is 4.79 Å². The van der Waals surface area contributed by atoms with Crippen LogP contribution in [0, 0.1) is 0 Å². The van der Waals surface area contributed by atoms with Gasteiger partial charge in [0.25, 0.3) is 0 Å². The Kier molecular flexibility index (Phi) is 5.20. The van der Waals surface area contributed by atoms with Crippen LogP contribution in [0.15, 0.2) is 53.3 Å². The molecule has 1 fully saturated rings. The lowest BCUT2D eigenvalue weighted by atomic mass is 10.1. The van der Waals surface area contributed by atoms with Gasteiger partial charge in [0.1, 0.15) is 6.54 Å². The van der Waals surface area contributed by atoms with Gasteiger partial charge in [-0.1, -0.05) is 24.3 Å². The molecule has 0 unspecified atom stereocenters. The fourth-order valence-corrected chi connectivity index (χ4v) is 3.84. The van der Waals surface area contributed by atoms with Gasteiger partial charge >= 0.3 is 6.09 Å². The Hall–Kier alpha value is -3.35. The summed E-state index contributed by atoms with van der Waals surface area (Å²) in [7, 11) is 0. The molecular weight excluding hydrogens is 370 g/mol. The molecule has 2 amide bonds. The predicted molar refractivity (Wildman–Crippen MR) is 111 cm³/mol. The van der Waals surface area contributed by atoms with E-state index in [0.29, 0.717) is 43.6 Å². The Morgan fingerprint density at radius 3 is 1.93 bits per heavy atom. The van der Waals surface area contributed by atoms with Gasteiger partial charge in [0.15, 0.2) is 5.43 Å². The van der Waals surface area contributed by atoms with Crippen molar-refractivity contribution < 1.29 is 14.3 Å². The summed E-state index contributed by atoms with van der Waals surface area (Å²) < 4.78 is 6.94. The third-order valence-electron chi connectivity index (χ3n) is 5.33. The molecule has 7 heteroatoms. The van der Waals surface area contributed by atoms with Gasteiger partial charge in [0.2, 0.25) is 5.91 Å². The Labute approximate surface area is 168 Å². The van der Waals surface area contributed by atoms with Crippen LogP contribution < -0.4 is 5.43 Å². The first-order valence-electron chi connectivity index (χ1n) is 9.80. The lowest BCUT2D eigenvalue weighted by Crippen LogP contribution is -2.51. The Balaban J connectivity index is 1.61. The molecular formula is C22H23N3O4. The summed E-state index contributed by atoms with van der Waals surface area (Å²) >= 11 is 0. The van der Waals surface area contributed by atoms with Crippen LogP contribution in [-0.4, -0.2) is 59.2 Å². The zero-order valence-corrected chi connectivity index (χ0v) is 16.3. The highest BCUT2D eigenvalue weighted by atomic mass is 16.6. The summed E-state index contributed by atoms with van der Waals surface area (Å²) in [5.41, 5.74) is 1.47. The number of fused-ring (bicyclic) bond motifs is 2. The van der Waals surface area contributed by atoms with Crippen LogP contribution in [0.1, 0.15) is 6.92 Å². The molecule has 1 saturated heterocycles. The second-order valence-corrected chi connectivity index (χ2v) is 7.02. The molecule has 1 aromatic heterocycles. The summed E-state index contributed by atoms with van der Waals surface area (Å²) in [6.45, 7) is 4.09. The molecule has 2 heterocycles. The van der Waals surface area contributed by atoms with Crippen molar-refractivity contribution in [3.8, 4) is 0 Å². The molecule has 0 bridgehead atoms. The number of pyridine rings is 1. The van der Waals surface area contributed by atoms with E-state index in [9.17, 15) is 14.4 Å². The van der Waals surface area contributed by atoms with Gasteiger partial charge in [0, 0.05) is 37.0 Å². The fourth-order valence-electron chi connectivity index (χ4n) is 3.84. The molecule has 1 aliphatic heterocycles. The van der Waals surface area contributed by atoms with Crippen LogP contribution in [-0.2, 0) is 16.1 Å². The SMILES string of the molecule is CCOC(=O)N1CCN(C(=O)Cn2c3ccccc3c(=O)c3ccccc32)CC1. The number of para-hydroxylation sites is 2. The molecule has 0 atom stereocenters. The van der Waals surface area contributed by atoms with Crippen LogP contribution in [0.25, 0.3) is 21.8 Å². The van der Waals surface area contributed by atoms with Crippen LogP contribution in [0.2, 0.25) is 0 Å². The molecule has 4 rings (SSSR count). The summed E-state index contributed by atoms with van der Waals surface area (Å²) in [5.74, 6) is -0.0348. The van der Waals surface area contributed by atoms with Gasteiger partial charge < -0.3 is 19.1 Å². The fraction of sp³-hybridized carbons (Fsp3) is 0.318. The van der Waals surface area contributed by atoms with E-state index in [2.05, 4.69) is 0 Å². The molecule has 29 heavy (non-hydrogen) atoms. The van der Waals surface area contributed by atoms with Crippen LogP contribution in [0.5, 0.6) is 0 Å². The second-order valence-electron chi connectivity index (χ2n) is 7.02. The quantitative estimate of drug-likeness (QED) is 0.641. The maximum atomic E-state index is 13.0. The van der Waals surface area contributed by atoms with E-state index < -0.39 is 0 Å². The highest BCUT2D eigenvalue weighted by Crippen LogP contribution is 2.19. The zero-order chi connectivity index (χ0) is 20.4. The van der Waals surface area contributed by atoms with Crippen molar-refractivity contribution in [1.29, 1.82) is 0 Å². The lowest BCUT2D eigenvalue weighted by molar-refractivity contribution is -0.133. The minimum Gasteiger partial charge on any atom is -0.450 e. The Bertz CT molecular complexity index is 1070. The number of aromatic nitrogens is 1. The van der Waals surface area contributed by atoms with E-state index in [1.807, 2.05) is 41.0 Å². The van der Waals surface area contributed by atoms with Gasteiger partial charge in [-0.2, -0.15) is 0 Å². The number of ether oxygens (including phenoxy) is 1. The van der Waals surface area contributed by atoms with Gasteiger partial charge in [-0.05, 0) is 31.2 Å². The summed E-state index contributed by atoms with van der Waals surface area (Å²) in [5, 5.41) is 1.21. The average Bonchev–Trinajstić information content (AvgIpc) is 2.77. The number of amides is 2. The topological polar surface area (TPSA) is 71.8 Å². The molecule has 0 N–H and O–H groups in total.